The first-order valence-corrected chi connectivity index (χ1v) is 7.56. The molecule has 0 aliphatic heterocycles. The minimum atomic E-state index is -0.998. The maximum atomic E-state index is 10.9. The van der Waals surface area contributed by atoms with Crippen molar-refractivity contribution in [3.8, 4) is 11.5 Å². The summed E-state index contributed by atoms with van der Waals surface area (Å²) in [7, 11) is 0. The van der Waals surface area contributed by atoms with E-state index in [-0.39, 0.29) is 23.8 Å². The highest BCUT2D eigenvalue weighted by Crippen LogP contribution is 2.17. The van der Waals surface area contributed by atoms with Crippen molar-refractivity contribution in [1.82, 2.24) is 0 Å². The number of carboxylic acid groups (broad SMARTS) is 2. The van der Waals surface area contributed by atoms with E-state index in [0.29, 0.717) is 17.9 Å². The molecular formula is C19H18O6. The predicted molar refractivity (Wildman–Crippen MR) is 91.5 cm³/mol. The summed E-state index contributed by atoms with van der Waals surface area (Å²) >= 11 is 0. The molecule has 2 aromatic rings. The summed E-state index contributed by atoms with van der Waals surface area (Å²) in [4.78, 5) is 21.7. The molecule has 0 spiro atoms. The Labute approximate surface area is 144 Å². The zero-order chi connectivity index (χ0) is 18.2. The molecule has 0 fully saturated rings. The Hall–Kier alpha value is -3.28. The number of hydrogen-bond acceptors (Lipinski definition) is 4. The van der Waals surface area contributed by atoms with Gasteiger partial charge in [-0.1, -0.05) is 6.08 Å². The van der Waals surface area contributed by atoms with Crippen LogP contribution in [0.4, 0.5) is 0 Å². The standard InChI is InChI=1S/C19H18O6/c1-2-3-17(25-16-10-6-14(7-11-16)19(22)23)12-24-15-8-4-13(5-9-15)18(20)21/h2,4-11,17H,1,3,12H2,(H,20,21)(H,22,23). The van der Waals surface area contributed by atoms with Crippen LogP contribution < -0.4 is 9.47 Å². The highest BCUT2D eigenvalue weighted by molar-refractivity contribution is 5.88. The Morgan fingerprint density at radius 3 is 1.84 bits per heavy atom. The van der Waals surface area contributed by atoms with Gasteiger partial charge in [0.25, 0.3) is 0 Å². The van der Waals surface area contributed by atoms with E-state index < -0.39 is 11.9 Å². The molecule has 6 heteroatoms. The number of carbonyl (C=O) groups is 2. The van der Waals surface area contributed by atoms with E-state index in [1.807, 2.05) is 0 Å². The normalized spacial score (nSPS) is 11.4. The van der Waals surface area contributed by atoms with E-state index in [2.05, 4.69) is 6.58 Å². The summed E-state index contributed by atoms with van der Waals surface area (Å²) in [6.45, 7) is 3.92. The zero-order valence-corrected chi connectivity index (χ0v) is 13.4. The van der Waals surface area contributed by atoms with Gasteiger partial charge in [-0.05, 0) is 48.5 Å². The summed E-state index contributed by atoms with van der Waals surface area (Å²) in [5.74, 6) is -0.933. The molecule has 0 heterocycles. The minimum absolute atomic E-state index is 0.183. The van der Waals surface area contributed by atoms with E-state index in [1.165, 1.54) is 24.3 Å². The Morgan fingerprint density at radius 1 is 0.920 bits per heavy atom. The molecule has 1 atom stereocenters. The van der Waals surface area contributed by atoms with Gasteiger partial charge in [0, 0.05) is 6.42 Å². The van der Waals surface area contributed by atoms with Crippen molar-refractivity contribution in [2.24, 2.45) is 0 Å². The average Bonchev–Trinajstić information content (AvgIpc) is 2.60. The molecular weight excluding hydrogens is 324 g/mol. The third-order valence-electron chi connectivity index (χ3n) is 3.37. The molecule has 0 radical (unpaired) electrons. The summed E-state index contributed by atoms with van der Waals surface area (Å²) in [6.07, 6.45) is 1.92. The molecule has 0 aliphatic carbocycles. The first-order chi connectivity index (χ1) is 12.0. The maximum absolute atomic E-state index is 10.9. The molecule has 130 valence electrons. The molecule has 0 bridgehead atoms. The largest absolute Gasteiger partial charge is 0.490 e. The number of rotatable bonds is 9. The number of ether oxygens (including phenoxy) is 2. The molecule has 2 aromatic carbocycles. The lowest BCUT2D eigenvalue weighted by atomic mass is 10.2. The third-order valence-corrected chi connectivity index (χ3v) is 3.37. The van der Waals surface area contributed by atoms with Crippen LogP contribution in [0.25, 0.3) is 0 Å². The quantitative estimate of drug-likeness (QED) is 0.678. The fourth-order valence-electron chi connectivity index (χ4n) is 2.09. The van der Waals surface area contributed by atoms with Crippen molar-refractivity contribution >= 4 is 11.9 Å². The lowest BCUT2D eigenvalue weighted by Crippen LogP contribution is -2.24. The summed E-state index contributed by atoms with van der Waals surface area (Å²) in [5.41, 5.74) is 0.368. The van der Waals surface area contributed by atoms with Crippen molar-refractivity contribution in [2.75, 3.05) is 6.61 Å². The van der Waals surface area contributed by atoms with E-state index in [0.717, 1.165) is 0 Å². The molecule has 0 aromatic heterocycles. The number of benzene rings is 2. The highest BCUT2D eigenvalue weighted by Gasteiger charge is 2.12. The lowest BCUT2D eigenvalue weighted by molar-refractivity contribution is 0.0685. The van der Waals surface area contributed by atoms with Gasteiger partial charge in [-0.3, -0.25) is 0 Å². The van der Waals surface area contributed by atoms with Gasteiger partial charge in [0.05, 0.1) is 11.1 Å². The van der Waals surface area contributed by atoms with Crippen molar-refractivity contribution in [3.63, 3.8) is 0 Å². The van der Waals surface area contributed by atoms with Crippen LogP contribution in [-0.4, -0.2) is 34.9 Å². The van der Waals surface area contributed by atoms with Crippen LogP contribution in [0.2, 0.25) is 0 Å². The van der Waals surface area contributed by atoms with Crippen molar-refractivity contribution in [3.05, 3.63) is 72.3 Å². The second-order valence-corrected chi connectivity index (χ2v) is 5.23. The van der Waals surface area contributed by atoms with Gasteiger partial charge in [0.2, 0.25) is 0 Å². The predicted octanol–water partition coefficient (Wildman–Crippen LogP) is 3.49. The Kier molecular flexibility index (Phi) is 6.17. The SMILES string of the molecule is C=CCC(COc1ccc(C(=O)O)cc1)Oc1ccc(C(=O)O)cc1. The second-order valence-electron chi connectivity index (χ2n) is 5.23. The van der Waals surface area contributed by atoms with E-state index >= 15 is 0 Å². The first kappa shape index (κ1) is 18.1. The highest BCUT2D eigenvalue weighted by atomic mass is 16.5. The zero-order valence-electron chi connectivity index (χ0n) is 13.4. The van der Waals surface area contributed by atoms with E-state index in [1.54, 1.807) is 30.3 Å². The van der Waals surface area contributed by atoms with Gasteiger partial charge in [-0.2, -0.15) is 0 Å². The molecule has 0 saturated carbocycles. The van der Waals surface area contributed by atoms with Crippen molar-refractivity contribution in [1.29, 1.82) is 0 Å². The minimum Gasteiger partial charge on any atom is -0.490 e. The molecule has 6 nitrogen and oxygen atoms in total. The third kappa shape index (κ3) is 5.39. The number of aromatic carboxylic acids is 2. The molecule has 0 aliphatic rings. The topological polar surface area (TPSA) is 93.1 Å². The Morgan fingerprint density at radius 2 is 1.40 bits per heavy atom. The van der Waals surface area contributed by atoms with Gasteiger partial charge >= 0.3 is 11.9 Å². The Bertz CT molecular complexity index is 734. The molecule has 0 amide bonds. The van der Waals surface area contributed by atoms with Crippen LogP contribution in [0.5, 0.6) is 11.5 Å². The average molecular weight is 342 g/mol. The molecule has 25 heavy (non-hydrogen) atoms. The van der Waals surface area contributed by atoms with E-state index in [4.69, 9.17) is 19.7 Å². The summed E-state index contributed by atoms with van der Waals surface area (Å²) in [5, 5.41) is 17.8. The first-order valence-electron chi connectivity index (χ1n) is 7.56. The second kappa shape index (κ2) is 8.54. The smallest absolute Gasteiger partial charge is 0.335 e. The molecule has 2 rings (SSSR count). The maximum Gasteiger partial charge on any atom is 0.335 e. The molecule has 1 unspecified atom stereocenters. The van der Waals surface area contributed by atoms with Crippen molar-refractivity contribution < 1.29 is 29.3 Å². The van der Waals surface area contributed by atoms with Crippen LogP contribution in [0.3, 0.4) is 0 Å². The van der Waals surface area contributed by atoms with Crippen molar-refractivity contribution in [2.45, 2.75) is 12.5 Å². The van der Waals surface area contributed by atoms with Gasteiger partial charge < -0.3 is 19.7 Å². The molecule has 2 N–H and O–H groups in total. The summed E-state index contributed by atoms with van der Waals surface area (Å²) in [6, 6.07) is 12.2. The fourth-order valence-corrected chi connectivity index (χ4v) is 2.09. The van der Waals surface area contributed by atoms with Crippen LogP contribution in [0, 0.1) is 0 Å². The van der Waals surface area contributed by atoms with Crippen LogP contribution >= 0.6 is 0 Å². The van der Waals surface area contributed by atoms with Gasteiger partial charge in [0.15, 0.2) is 0 Å². The molecule has 0 saturated heterocycles. The van der Waals surface area contributed by atoms with Crippen LogP contribution in [0.15, 0.2) is 61.2 Å². The fraction of sp³-hybridized carbons (Fsp3) is 0.158. The Balaban J connectivity index is 1.96. The van der Waals surface area contributed by atoms with E-state index in [9.17, 15) is 9.59 Å². The summed E-state index contributed by atoms with van der Waals surface area (Å²) < 4.78 is 11.4. The van der Waals surface area contributed by atoms with Crippen LogP contribution in [0.1, 0.15) is 27.1 Å². The number of hydrogen-bond donors (Lipinski definition) is 2. The van der Waals surface area contributed by atoms with Crippen LogP contribution in [-0.2, 0) is 0 Å². The van der Waals surface area contributed by atoms with Gasteiger partial charge in [-0.25, -0.2) is 9.59 Å². The number of carboxylic acids is 2. The lowest BCUT2D eigenvalue weighted by Gasteiger charge is -2.18. The monoisotopic (exact) mass is 342 g/mol. The van der Waals surface area contributed by atoms with Gasteiger partial charge in [0.1, 0.15) is 24.2 Å². The van der Waals surface area contributed by atoms with Gasteiger partial charge in [-0.15, -0.1) is 6.58 Å².